The zero-order valence-electron chi connectivity index (χ0n) is 45.1. The first-order valence-corrected chi connectivity index (χ1v) is 26.9. The van der Waals surface area contributed by atoms with E-state index in [1.54, 1.807) is 0 Å². The van der Waals surface area contributed by atoms with Crippen LogP contribution in [0.4, 0.5) is 0 Å². The van der Waals surface area contributed by atoms with Crippen molar-refractivity contribution in [3.05, 3.63) is 86.7 Å². The standard InChI is InChI=1S/C64H78N4/c1-19-63(20-2,21-3)37-26-39-47-43(25-36(30-65)51-52(47)60(13,14)32-59(51,11)12)67-54(39)41(28-37)49-46(35(9)10)57-50(45(34(7)8)56(49)67)42-29-38(64(22-4,23-5)24-6)27-40-48-44(68(57)55(40)42)31-66-58-53(48)61(15,16)33-62(58,17)18/h25-29,31,34-35H,19-24,32-33H2,1-18H3. The summed E-state index contributed by atoms with van der Waals surface area (Å²) in [5.74, 6) is 0.437. The summed E-state index contributed by atoms with van der Waals surface area (Å²) in [6.07, 6.45) is 11.0. The van der Waals surface area contributed by atoms with Gasteiger partial charge in [0.2, 0.25) is 0 Å². The van der Waals surface area contributed by atoms with Gasteiger partial charge in [0.15, 0.2) is 0 Å². The second-order valence-electron chi connectivity index (χ2n) is 25.6. The van der Waals surface area contributed by atoms with Gasteiger partial charge < -0.3 is 8.80 Å². The fourth-order valence-electron chi connectivity index (χ4n) is 16.7. The van der Waals surface area contributed by atoms with Gasteiger partial charge in [-0.1, -0.05) is 125 Å². The lowest BCUT2D eigenvalue weighted by Gasteiger charge is -2.31. The average Bonchev–Trinajstić information content (AvgIpc) is 4.07. The average molecular weight is 903 g/mol. The van der Waals surface area contributed by atoms with E-state index in [0.29, 0.717) is 0 Å². The number of nitriles is 1. The molecule has 0 N–H and O–H groups in total. The van der Waals surface area contributed by atoms with Crippen molar-refractivity contribution in [3.8, 4) is 6.07 Å². The van der Waals surface area contributed by atoms with E-state index in [1.165, 1.54) is 121 Å². The van der Waals surface area contributed by atoms with Crippen molar-refractivity contribution in [2.75, 3.05) is 0 Å². The van der Waals surface area contributed by atoms with E-state index in [0.717, 1.165) is 56.9 Å². The second-order valence-corrected chi connectivity index (χ2v) is 25.6. The topological polar surface area (TPSA) is 45.5 Å². The van der Waals surface area contributed by atoms with Gasteiger partial charge in [-0.05, 0) is 160 Å². The third-order valence-electron chi connectivity index (χ3n) is 19.6. The minimum absolute atomic E-state index is 0.00747. The molecule has 5 heterocycles. The summed E-state index contributed by atoms with van der Waals surface area (Å²) in [4.78, 5) is 5.53. The Morgan fingerprint density at radius 3 is 1.32 bits per heavy atom. The maximum absolute atomic E-state index is 11.2. The Bertz CT molecular complexity index is 3630. The number of pyridine rings is 1. The van der Waals surface area contributed by atoms with Crippen LogP contribution in [0.1, 0.15) is 238 Å². The van der Waals surface area contributed by atoms with Crippen molar-refractivity contribution in [3.63, 3.8) is 0 Å². The highest BCUT2D eigenvalue weighted by atomic mass is 15.0. The summed E-state index contributed by atoms with van der Waals surface area (Å²) in [7, 11) is 0. The molecule has 0 atom stereocenters. The highest BCUT2D eigenvalue weighted by Crippen LogP contribution is 2.60. The predicted octanol–water partition coefficient (Wildman–Crippen LogP) is 18.4. The summed E-state index contributed by atoms with van der Waals surface area (Å²) < 4.78 is 5.43. The normalized spacial score (nSPS) is 17.9. The molecule has 0 spiro atoms. The van der Waals surface area contributed by atoms with Gasteiger partial charge in [-0.2, -0.15) is 5.26 Å². The highest BCUT2D eigenvalue weighted by molar-refractivity contribution is 6.32. The molecule has 354 valence electrons. The molecule has 4 heteroatoms. The second kappa shape index (κ2) is 14.1. The molecule has 0 saturated heterocycles. The van der Waals surface area contributed by atoms with E-state index in [9.17, 15) is 5.26 Å². The Labute approximate surface area is 406 Å². The first kappa shape index (κ1) is 45.6. The maximum atomic E-state index is 11.2. The zero-order chi connectivity index (χ0) is 48.9. The smallest absolute Gasteiger partial charge is 0.0995 e. The molecule has 0 unspecified atom stereocenters. The fraction of sp³-hybridized carbons (Fsp3) is 0.531. The van der Waals surface area contributed by atoms with Gasteiger partial charge in [0.1, 0.15) is 0 Å². The molecule has 4 nitrogen and oxygen atoms in total. The minimum atomic E-state index is -0.110. The Hall–Kier alpha value is -4.88. The molecule has 11 rings (SSSR count). The van der Waals surface area contributed by atoms with Gasteiger partial charge >= 0.3 is 0 Å². The van der Waals surface area contributed by atoms with Crippen LogP contribution in [0, 0.1) is 11.3 Å². The van der Waals surface area contributed by atoms with Crippen molar-refractivity contribution >= 4 is 76.2 Å². The SMILES string of the molecule is CCC(CC)(CC)c1cc2c3c4c(ncc3n3c5c(C(C)C)c6c7cc(C(CC)(CC)CC)cc8c9c%10c(c(C#N)cc9n(c6c(C(C)C)c5c(c1)c23)c87)C(C)(C)CC%10(C)C)C(C)(C)CC4(C)C. The number of fused-ring (bicyclic) bond motifs is 16. The minimum Gasteiger partial charge on any atom is -0.308 e. The van der Waals surface area contributed by atoms with E-state index in [-0.39, 0.29) is 44.3 Å². The van der Waals surface area contributed by atoms with Crippen molar-refractivity contribution < 1.29 is 0 Å². The van der Waals surface area contributed by atoms with Crippen LogP contribution in [0.15, 0.2) is 36.5 Å². The molecule has 0 saturated carbocycles. The van der Waals surface area contributed by atoms with Crippen LogP contribution in [0.3, 0.4) is 0 Å². The van der Waals surface area contributed by atoms with E-state index >= 15 is 0 Å². The van der Waals surface area contributed by atoms with Crippen LogP contribution in [-0.2, 0) is 32.5 Å². The molecular formula is C64H78N4. The fourth-order valence-corrected chi connectivity index (χ4v) is 16.7. The molecule has 0 amide bonds. The van der Waals surface area contributed by atoms with Crippen molar-refractivity contribution in [1.29, 1.82) is 5.26 Å². The number of hydrogen-bond acceptors (Lipinski definition) is 2. The van der Waals surface area contributed by atoms with Gasteiger partial charge in [-0.25, -0.2) is 0 Å². The molecule has 2 aliphatic carbocycles. The first-order chi connectivity index (χ1) is 32.0. The lowest BCUT2D eigenvalue weighted by Crippen LogP contribution is -2.23. The summed E-state index contributed by atoms with van der Waals surface area (Å²) in [5.41, 5.74) is 19.9. The third-order valence-corrected chi connectivity index (χ3v) is 19.6. The van der Waals surface area contributed by atoms with Crippen LogP contribution in [0.5, 0.6) is 0 Å². The molecule has 5 aromatic heterocycles. The van der Waals surface area contributed by atoms with Crippen LogP contribution in [0.2, 0.25) is 0 Å². The maximum Gasteiger partial charge on any atom is 0.0995 e. The van der Waals surface area contributed by atoms with Crippen LogP contribution in [0.25, 0.3) is 76.2 Å². The van der Waals surface area contributed by atoms with E-state index < -0.39 is 0 Å². The monoisotopic (exact) mass is 903 g/mol. The Morgan fingerprint density at radius 2 is 0.897 bits per heavy atom. The Balaban J connectivity index is 1.49. The molecule has 4 aromatic carbocycles. The van der Waals surface area contributed by atoms with E-state index in [1.807, 2.05) is 0 Å². The third kappa shape index (κ3) is 5.30. The van der Waals surface area contributed by atoms with Gasteiger partial charge in [-0.15, -0.1) is 0 Å². The Morgan fingerprint density at radius 1 is 0.515 bits per heavy atom. The summed E-state index contributed by atoms with van der Waals surface area (Å²) in [5, 5.41) is 22.4. The van der Waals surface area contributed by atoms with Crippen molar-refractivity contribution in [2.24, 2.45) is 0 Å². The lowest BCUT2D eigenvalue weighted by molar-refractivity contribution is 0.382. The van der Waals surface area contributed by atoms with Crippen LogP contribution in [-0.4, -0.2) is 13.8 Å². The molecule has 2 aliphatic rings. The number of hydrogen-bond donors (Lipinski definition) is 0. The van der Waals surface area contributed by atoms with Crippen molar-refractivity contribution in [2.45, 2.75) is 220 Å². The molecule has 0 fully saturated rings. The summed E-state index contributed by atoms with van der Waals surface area (Å²) in [6, 6.07) is 15.7. The van der Waals surface area contributed by atoms with Gasteiger partial charge in [0.25, 0.3) is 0 Å². The highest BCUT2D eigenvalue weighted by Gasteiger charge is 2.48. The van der Waals surface area contributed by atoms with Gasteiger partial charge in [-0.3, -0.25) is 4.98 Å². The molecule has 68 heavy (non-hydrogen) atoms. The summed E-state index contributed by atoms with van der Waals surface area (Å²) >= 11 is 0. The lowest BCUT2D eigenvalue weighted by atomic mass is 9.72. The molecule has 0 aliphatic heterocycles. The molecule has 0 radical (unpaired) electrons. The molecule has 9 aromatic rings. The van der Waals surface area contributed by atoms with Crippen LogP contribution < -0.4 is 0 Å². The quantitative estimate of drug-likeness (QED) is 0.137. The van der Waals surface area contributed by atoms with Gasteiger partial charge in [0.05, 0.1) is 56.6 Å². The number of nitrogens with zero attached hydrogens (tertiary/aromatic N) is 4. The molecular weight excluding hydrogens is 825 g/mol. The van der Waals surface area contributed by atoms with E-state index in [4.69, 9.17) is 4.98 Å². The number of aromatic nitrogens is 3. The largest absolute Gasteiger partial charge is 0.308 e. The predicted molar refractivity (Wildman–Crippen MR) is 293 cm³/mol. The van der Waals surface area contributed by atoms with Crippen molar-refractivity contribution in [1.82, 2.24) is 13.8 Å². The van der Waals surface area contributed by atoms with E-state index in [2.05, 4.69) is 176 Å². The Kier molecular flexibility index (Phi) is 9.47. The number of rotatable bonds is 10. The zero-order valence-corrected chi connectivity index (χ0v) is 45.1. The number of benzene rings is 4. The van der Waals surface area contributed by atoms with Crippen LogP contribution >= 0.6 is 0 Å². The summed E-state index contributed by atoms with van der Waals surface area (Å²) in [6.45, 7) is 43.7. The first-order valence-electron chi connectivity index (χ1n) is 26.9. The molecule has 0 bridgehead atoms. The van der Waals surface area contributed by atoms with Gasteiger partial charge in [0, 0.05) is 48.5 Å².